The summed E-state index contributed by atoms with van der Waals surface area (Å²) in [6, 6.07) is 9.82. The number of nitrogens with zero attached hydrogens (tertiary/aromatic N) is 1. The fourth-order valence-corrected chi connectivity index (χ4v) is 2.16. The fourth-order valence-electron chi connectivity index (χ4n) is 2.16. The van der Waals surface area contributed by atoms with Crippen LogP contribution < -0.4 is 11.1 Å². The van der Waals surface area contributed by atoms with Crippen LogP contribution >= 0.6 is 0 Å². The summed E-state index contributed by atoms with van der Waals surface area (Å²) in [5, 5.41) is 2.74. The predicted octanol–water partition coefficient (Wildman–Crippen LogP) is 5.43. The van der Waals surface area contributed by atoms with Crippen LogP contribution in [0.4, 0.5) is 27.6 Å². The van der Waals surface area contributed by atoms with Crippen molar-refractivity contribution >= 4 is 11.4 Å². The van der Waals surface area contributed by atoms with Gasteiger partial charge in [0, 0.05) is 24.7 Å². The van der Waals surface area contributed by atoms with Crippen molar-refractivity contribution in [3.63, 3.8) is 0 Å². The van der Waals surface area contributed by atoms with Crippen LogP contribution in [0.3, 0.4) is 0 Å². The van der Waals surface area contributed by atoms with Gasteiger partial charge in [-0.05, 0) is 24.3 Å². The third-order valence-corrected chi connectivity index (χ3v) is 3.55. The lowest BCUT2D eigenvalue weighted by atomic mass is 10.1. The van der Waals surface area contributed by atoms with Crippen molar-refractivity contribution in [3.8, 4) is 0 Å². The normalized spacial score (nSPS) is 12.3. The first-order valence-electron chi connectivity index (χ1n) is 8.50. The minimum atomic E-state index is -4.70. The van der Waals surface area contributed by atoms with Crippen molar-refractivity contribution in [1.29, 1.82) is 0 Å². The van der Waals surface area contributed by atoms with Crippen LogP contribution in [0.15, 0.2) is 59.2 Å². The zero-order valence-corrected chi connectivity index (χ0v) is 15.7. The summed E-state index contributed by atoms with van der Waals surface area (Å²) >= 11 is 0. The SMILES string of the molecule is CC.CN=C(/C=C(\N)C(F)(F)F)c1ccc(NCc2ccccc2F)c(F)c1. The minimum absolute atomic E-state index is 0.0542. The van der Waals surface area contributed by atoms with E-state index >= 15 is 0 Å². The van der Waals surface area contributed by atoms with E-state index in [1.807, 2.05) is 13.8 Å². The monoisotopic (exact) mass is 399 g/mol. The molecule has 8 heteroatoms. The van der Waals surface area contributed by atoms with Gasteiger partial charge in [0.15, 0.2) is 0 Å². The maximum Gasteiger partial charge on any atom is 0.430 e. The first kappa shape index (κ1) is 23.1. The summed E-state index contributed by atoms with van der Waals surface area (Å²) in [5.41, 5.74) is 4.10. The molecule has 0 saturated carbocycles. The Morgan fingerprint density at radius 2 is 1.71 bits per heavy atom. The van der Waals surface area contributed by atoms with Crippen molar-refractivity contribution in [2.24, 2.45) is 10.7 Å². The Labute approximate surface area is 160 Å². The van der Waals surface area contributed by atoms with E-state index in [4.69, 9.17) is 5.73 Å². The van der Waals surface area contributed by atoms with Gasteiger partial charge in [0.1, 0.15) is 17.3 Å². The van der Waals surface area contributed by atoms with E-state index in [1.165, 1.54) is 25.2 Å². The summed E-state index contributed by atoms with van der Waals surface area (Å²) in [7, 11) is 1.28. The molecule has 3 N–H and O–H groups in total. The number of aliphatic imine (C=N–C) groups is 1. The second-order valence-corrected chi connectivity index (χ2v) is 5.35. The Hall–Kier alpha value is -2.90. The van der Waals surface area contributed by atoms with Gasteiger partial charge in [0.05, 0.1) is 11.4 Å². The van der Waals surface area contributed by atoms with E-state index < -0.39 is 23.5 Å². The first-order valence-corrected chi connectivity index (χ1v) is 8.50. The molecule has 0 aliphatic carbocycles. The zero-order chi connectivity index (χ0) is 21.3. The van der Waals surface area contributed by atoms with Crippen molar-refractivity contribution < 1.29 is 22.0 Å². The molecule has 2 rings (SSSR count). The molecular weight excluding hydrogens is 377 g/mol. The quantitative estimate of drug-likeness (QED) is 0.521. The number of halogens is 5. The van der Waals surface area contributed by atoms with E-state index in [9.17, 15) is 22.0 Å². The van der Waals surface area contributed by atoms with E-state index in [0.717, 1.165) is 6.07 Å². The van der Waals surface area contributed by atoms with Gasteiger partial charge in [-0.3, -0.25) is 4.99 Å². The Kier molecular flexibility index (Phi) is 8.63. The largest absolute Gasteiger partial charge is 0.430 e. The molecule has 0 aliphatic heterocycles. The third kappa shape index (κ3) is 6.37. The highest BCUT2D eigenvalue weighted by atomic mass is 19.4. The lowest BCUT2D eigenvalue weighted by Gasteiger charge is -2.11. The molecule has 0 radical (unpaired) electrons. The molecular formula is C20H22F5N3. The molecule has 28 heavy (non-hydrogen) atoms. The zero-order valence-electron chi connectivity index (χ0n) is 15.7. The number of allylic oxidation sites excluding steroid dienone is 2. The highest BCUT2D eigenvalue weighted by Crippen LogP contribution is 2.23. The summed E-state index contributed by atoms with van der Waals surface area (Å²) in [4.78, 5) is 3.71. The topological polar surface area (TPSA) is 50.4 Å². The number of hydrogen-bond acceptors (Lipinski definition) is 3. The van der Waals surface area contributed by atoms with Gasteiger partial charge in [0.25, 0.3) is 0 Å². The van der Waals surface area contributed by atoms with Crippen LogP contribution in [0.2, 0.25) is 0 Å². The molecule has 0 bridgehead atoms. The molecule has 0 fully saturated rings. The van der Waals surface area contributed by atoms with Crippen molar-refractivity contribution in [1.82, 2.24) is 0 Å². The molecule has 0 heterocycles. The van der Waals surface area contributed by atoms with Gasteiger partial charge >= 0.3 is 6.18 Å². The standard InChI is InChI=1S/C18H16F5N3.C2H6/c1-25-16(9-17(24)18(21,22)23)11-6-7-15(14(20)8-11)26-10-12-4-2-3-5-13(12)19;1-2/h2-9,26H,10,24H2,1H3;1-2H3/b17-9-,25-16?;. The second kappa shape index (κ2) is 10.4. The smallest absolute Gasteiger partial charge is 0.395 e. The van der Waals surface area contributed by atoms with E-state index in [1.54, 1.807) is 18.2 Å². The maximum atomic E-state index is 14.2. The number of benzene rings is 2. The maximum absolute atomic E-state index is 14.2. The van der Waals surface area contributed by atoms with Gasteiger partial charge < -0.3 is 11.1 Å². The third-order valence-electron chi connectivity index (χ3n) is 3.55. The van der Waals surface area contributed by atoms with Crippen molar-refractivity contribution in [2.75, 3.05) is 12.4 Å². The molecule has 0 spiro atoms. The summed E-state index contributed by atoms with van der Waals surface area (Å²) < 4.78 is 65.4. The van der Waals surface area contributed by atoms with Crippen molar-refractivity contribution in [2.45, 2.75) is 26.6 Å². The molecule has 0 aromatic heterocycles. The highest BCUT2D eigenvalue weighted by Gasteiger charge is 2.31. The van der Waals surface area contributed by atoms with Crippen molar-refractivity contribution in [3.05, 3.63) is 77.0 Å². The predicted molar refractivity (Wildman–Crippen MR) is 102 cm³/mol. The highest BCUT2D eigenvalue weighted by molar-refractivity contribution is 6.09. The average molecular weight is 399 g/mol. The van der Waals surface area contributed by atoms with Gasteiger partial charge in [-0.15, -0.1) is 0 Å². The molecule has 3 nitrogen and oxygen atoms in total. The average Bonchev–Trinajstić information content (AvgIpc) is 2.67. The summed E-state index contributed by atoms with van der Waals surface area (Å²) in [6.07, 6.45) is -4.06. The number of rotatable bonds is 5. The Bertz CT molecular complexity index is 842. The van der Waals surface area contributed by atoms with Crippen LogP contribution in [0.5, 0.6) is 0 Å². The second-order valence-electron chi connectivity index (χ2n) is 5.35. The molecule has 0 saturated heterocycles. The summed E-state index contributed by atoms with van der Waals surface area (Å²) in [6.45, 7) is 4.05. The molecule has 0 aliphatic rings. The number of alkyl halides is 3. The van der Waals surface area contributed by atoms with Crippen LogP contribution in [0.1, 0.15) is 25.0 Å². The van der Waals surface area contributed by atoms with E-state index in [-0.39, 0.29) is 23.5 Å². The van der Waals surface area contributed by atoms with Crippen LogP contribution in [-0.4, -0.2) is 18.9 Å². The van der Waals surface area contributed by atoms with Crippen LogP contribution in [-0.2, 0) is 6.54 Å². The first-order chi connectivity index (χ1) is 13.2. The molecule has 0 unspecified atom stereocenters. The number of nitrogens with two attached hydrogens (primary N) is 1. The van der Waals surface area contributed by atoms with Gasteiger partial charge in [-0.25, -0.2) is 8.78 Å². The van der Waals surface area contributed by atoms with E-state index in [2.05, 4.69) is 10.3 Å². The van der Waals surface area contributed by atoms with Crippen LogP contribution in [0, 0.1) is 11.6 Å². The molecule has 2 aromatic rings. The Morgan fingerprint density at radius 1 is 1.07 bits per heavy atom. The summed E-state index contributed by atoms with van der Waals surface area (Å²) in [5.74, 6) is -1.14. The lowest BCUT2D eigenvalue weighted by molar-refractivity contribution is -0.0925. The minimum Gasteiger partial charge on any atom is -0.395 e. The van der Waals surface area contributed by atoms with Crippen LogP contribution in [0.25, 0.3) is 0 Å². The number of nitrogens with one attached hydrogen (secondary N) is 1. The van der Waals surface area contributed by atoms with Gasteiger partial charge in [-0.1, -0.05) is 38.1 Å². The van der Waals surface area contributed by atoms with E-state index in [0.29, 0.717) is 11.6 Å². The molecule has 2 aromatic carbocycles. The Balaban J connectivity index is 0.00000190. The molecule has 0 atom stereocenters. The lowest BCUT2D eigenvalue weighted by Crippen LogP contribution is -2.21. The van der Waals surface area contributed by atoms with Gasteiger partial charge in [0.2, 0.25) is 0 Å². The fraction of sp³-hybridized carbons (Fsp3) is 0.250. The molecule has 0 amide bonds. The number of anilines is 1. The Morgan fingerprint density at radius 3 is 2.25 bits per heavy atom. The number of hydrogen-bond donors (Lipinski definition) is 2. The van der Waals surface area contributed by atoms with Gasteiger partial charge in [-0.2, -0.15) is 13.2 Å². The molecule has 152 valence electrons.